The van der Waals surface area contributed by atoms with Gasteiger partial charge in [-0.2, -0.15) is 0 Å². The molecule has 2 aromatic rings. The number of aromatic nitrogens is 1. The highest BCUT2D eigenvalue weighted by molar-refractivity contribution is 5.98. The van der Waals surface area contributed by atoms with Crippen molar-refractivity contribution in [3.05, 3.63) is 35.2 Å². The van der Waals surface area contributed by atoms with Crippen LogP contribution in [0.3, 0.4) is 0 Å². The second kappa shape index (κ2) is 7.69. The smallest absolute Gasteiger partial charge is 0.344 e. The van der Waals surface area contributed by atoms with Crippen LogP contribution in [0.1, 0.15) is 28.7 Å². The molecule has 8 heteroatoms. The van der Waals surface area contributed by atoms with Gasteiger partial charge < -0.3 is 24.1 Å². The molecular weight excluding hydrogens is 328 g/mol. The Balaban J connectivity index is 2.04. The Kier molecular flexibility index (Phi) is 5.63. The van der Waals surface area contributed by atoms with Crippen molar-refractivity contribution in [1.82, 2.24) is 5.16 Å². The molecule has 0 fully saturated rings. The normalized spacial score (nSPS) is 11.6. The summed E-state index contributed by atoms with van der Waals surface area (Å²) >= 11 is 0. The van der Waals surface area contributed by atoms with E-state index in [-0.39, 0.29) is 5.56 Å². The molecule has 1 aromatic heterocycles. The van der Waals surface area contributed by atoms with E-state index in [0.717, 1.165) is 0 Å². The largest absolute Gasteiger partial charge is 0.493 e. The lowest BCUT2D eigenvalue weighted by molar-refractivity contribution is -0.123. The number of hydrogen-bond donors (Lipinski definition) is 1. The number of ether oxygens (including phenoxy) is 3. The summed E-state index contributed by atoms with van der Waals surface area (Å²) in [6.07, 6.45) is -1.01. The molecule has 0 aliphatic heterocycles. The average molecular weight is 348 g/mol. The van der Waals surface area contributed by atoms with E-state index in [9.17, 15) is 9.59 Å². The van der Waals surface area contributed by atoms with Crippen LogP contribution in [0.5, 0.6) is 11.5 Å². The molecule has 0 saturated carbocycles. The number of carbonyl (C=O) groups excluding carboxylic acids is 2. The lowest BCUT2D eigenvalue weighted by Gasteiger charge is -2.14. The highest BCUT2D eigenvalue weighted by Gasteiger charge is 2.24. The maximum Gasteiger partial charge on any atom is 0.344 e. The number of nitrogens with zero attached hydrogens (tertiary/aromatic N) is 1. The standard InChI is InChI=1S/C17H20N2O6/c1-9-15(10(2)25-19-9)17(21)24-11(3)16(20)18-12-6-7-13(22-4)14(8-12)23-5/h6-8,11H,1-5H3,(H,18,20)/t11-/m1/s1. The van der Waals surface area contributed by atoms with E-state index in [2.05, 4.69) is 10.5 Å². The molecule has 1 heterocycles. The monoisotopic (exact) mass is 348 g/mol. The molecule has 0 aliphatic carbocycles. The van der Waals surface area contributed by atoms with E-state index >= 15 is 0 Å². The third-order valence-electron chi connectivity index (χ3n) is 3.54. The maximum atomic E-state index is 12.2. The minimum absolute atomic E-state index is 0.228. The summed E-state index contributed by atoms with van der Waals surface area (Å²) in [6, 6.07) is 4.93. The van der Waals surface area contributed by atoms with E-state index < -0.39 is 18.0 Å². The van der Waals surface area contributed by atoms with Gasteiger partial charge in [-0.1, -0.05) is 5.16 Å². The number of hydrogen-bond acceptors (Lipinski definition) is 7. The molecule has 134 valence electrons. The molecule has 2 rings (SSSR count). The highest BCUT2D eigenvalue weighted by atomic mass is 16.5. The second-order valence-corrected chi connectivity index (χ2v) is 5.31. The van der Waals surface area contributed by atoms with Gasteiger partial charge in [-0.25, -0.2) is 4.79 Å². The van der Waals surface area contributed by atoms with Crippen molar-refractivity contribution in [1.29, 1.82) is 0 Å². The first kappa shape index (κ1) is 18.3. The Bertz CT molecular complexity index is 764. The van der Waals surface area contributed by atoms with Gasteiger partial charge in [-0.3, -0.25) is 4.79 Å². The number of rotatable bonds is 6. The van der Waals surface area contributed by atoms with Gasteiger partial charge in [0.25, 0.3) is 5.91 Å². The zero-order valence-corrected chi connectivity index (χ0v) is 14.7. The summed E-state index contributed by atoms with van der Waals surface area (Å²) in [6.45, 7) is 4.71. The Morgan fingerprint density at radius 1 is 1.16 bits per heavy atom. The number of nitrogens with one attached hydrogen (secondary N) is 1. The topological polar surface area (TPSA) is 99.9 Å². The van der Waals surface area contributed by atoms with Crippen molar-refractivity contribution < 1.29 is 28.3 Å². The molecule has 0 radical (unpaired) electrons. The Labute approximate surface area is 145 Å². The number of carbonyl (C=O) groups is 2. The number of benzene rings is 1. The summed E-state index contributed by atoms with van der Waals surface area (Å²) in [5.74, 6) is 0.215. The van der Waals surface area contributed by atoms with E-state index in [0.29, 0.717) is 28.6 Å². The van der Waals surface area contributed by atoms with Crippen molar-refractivity contribution in [2.24, 2.45) is 0 Å². The van der Waals surface area contributed by atoms with E-state index in [4.69, 9.17) is 18.7 Å². The molecule has 1 aromatic carbocycles. The van der Waals surface area contributed by atoms with Gasteiger partial charge in [-0.05, 0) is 32.9 Å². The minimum atomic E-state index is -1.01. The number of anilines is 1. The van der Waals surface area contributed by atoms with Gasteiger partial charge in [-0.15, -0.1) is 0 Å². The molecule has 1 N–H and O–H groups in total. The van der Waals surface area contributed by atoms with Gasteiger partial charge in [0.2, 0.25) is 0 Å². The lowest BCUT2D eigenvalue weighted by Crippen LogP contribution is -2.30. The van der Waals surface area contributed by atoms with Crippen LogP contribution in [0.4, 0.5) is 5.69 Å². The van der Waals surface area contributed by atoms with Crippen molar-refractivity contribution in [3.63, 3.8) is 0 Å². The first-order chi connectivity index (χ1) is 11.9. The first-order valence-corrected chi connectivity index (χ1v) is 7.54. The Morgan fingerprint density at radius 3 is 2.40 bits per heavy atom. The number of amides is 1. The van der Waals surface area contributed by atoms with Crippen LogP contribution in [0.2, 0.25) is 0 Å². The van der Waals surface area contributed by atoms with Crippen LogP contribution in [0.15, 0.2) is 22.7 Å². The zero-order valence-electron chi connectivity index (χ0n) is 14.7. The molecule has 1 amide bonds. The highest BCUT2D eigenvalue weighted by Crippen LogP contribution is 2.29. The van der Waals surface area contributed by atoms with E-state index in [1.165, 1.54) is 21.1 Å². The van der Waals surface area contributed by atoms with Crippen LogP contribution in [0, 0.1) is 13.8 Å². The quantitative estimate of drug-likeness (QED) is 0.801. The Morgan fingerprint density at radius 2 is 1.84 bits per heavy atom. The lowest BCUT2D eigenvalue weighted by atomic mass is 10.2. The Hall–Kier alpha value is -3.03. The SMILES string of the molecule is COc1ccc(NC(=O)[C@@H](C)OC(=O)c2c(C)noc2C)cc1OC. The van der Waals surface area contributed by atoms with Gasteiger partial charge in [0, 0.05) is 11.8 Å². The van der Waals surface area contributed by atoms with Crippen LogP contribution < -0.4 is 14.8 Å². The number of methoxy groups -OCH3 is 2. The summed E-state index contributed by atoms with van der Waals surface area (Å²) in [5.41, 5.74) is 1.13. The zero-order chi connectivity index (χ0) is 18.6. The van der Waals surface area contributed by atoms with Gasteiger partial charge in [0.05, 0.1) is 19.9 Å². The van der Waals surface area contributed by atoms with Gasteiger partial charge in [0.1, 0.15) is 11.3 Å². The molecule has 0 unspecified atom stereocenters. The van der Waals surface area contributed by atoms with Crippen molar-refractivity contribution in [3.8, 4) is 11.5 Å². The fourth-order valence-electron chi connectivity index (χ4n) is 2.21. The predicted molar refractivity (Wildman–Crippen MR) is 89.0 cm³/mol. The van der Waals surface area contributed by atoms with Crippen molar-refractivity contribution >= 4 is 17.6 Å². The minimum Gasteiger partial charge on any atom is -0.493 e. The molecule has 0 saturated heterocycles. The van der Waals surface area contributed by atoms with Crippen LogP contribution in [-0.4, -0.2) is 37.4 Å². The molecule has 8 nitrogen and oxygen atoms in total. The molecule has 0 spiro atoms. The number of aryl methyl sites for hydroxylation is 2. The third-order valence-corrected chi connectivity index (χ3v) is 3.54. The summed E-state index contributed by atoms with van der Waals surface area (Å²) in [5, 5.41) is 6.35. The molecule has 0 bridgehead atoms. The fourth-order valence-corrected chi connectivity index (χ4v) is 2.21. The average Bonchev–Trinajstić information content (AvgIpc) is 2.93. The summed E-state index contributed by atoms with van der Waals surface area (Å²) in [7, 11) is 3.02. The van der Waals surface area contributed by atoms with Gasteiger partial charge in [0.15, 0.2) is 17.6 Å². The molecule has 0 aliphatic rings. The summed E-state index contributed by atoms with van der Waals surface area (Å²) < 4.78 is 20.4. The van der Waals surface area contributed by atoms with Crippen molar-refractivity contribution in [2.45, 2.75) is 26.9 Å². The fraction of sp³-hybridized carbons (Fsp3) is 0.353. The molecular formula is C17H20N2O6. The van der Waals surface area contributed by atoms with E-state index in [1.807, 2.05) is 0 Å². The first-order valence-electron chi connectivity index (χ1n) is 7.54. The maximum absolute atomic E-state index is 12.2. The van der Waals surface area contributed by atoms with Gasteiger partial charge >= 0.3 is 5.97 Å². The van der Waals surface area contributed by atoms with Crippen LogP contribution in [-0.2, 0) is 9.53 Å². The van der Waals surface area contributed by atoms with Crippen LogP contribution >= 0.6 is 0 Å². The summed E-state index contributed by atoms with van der Waals surface area (Å²) in [4.78, 5) is 24.4. The van der Waals surface area contributed by atoms with Crippen LogP contribution in [0.25, 0.3) is 0 Å². The molecule has 1 atom stereocenters. The number of esters is 1. The predicted octanol–water partition coefficient (Wildman–Crippen LogP) is 2.49. The van der Waals surface area contributed by atoms with E-state index in [1.54, 1.807) is 32.0 Å². The second-order valence-electron chi connectivity index (χ2n) is 5.31. The molecule has 25 heavy (non-hydrogen) atoms. The third kappa shape index (κ3) is 4.09. The van der Waals surface area contributed by atoms with Crippen molar-refractivity contribution in [2.75, 3.05) is 19.5 Å².